The lowest BCUT2D eigenvalue weighted by molar-refractivity contribution is 0.0773. The molecule has 0 bridgehead atoms. The minimum absolute atomic E-state index is 0.0894. The Hall–Kier alpha value is -1.36. The molecule has 1 heterocycles. The van der Waals surface area contributed by atoms with E-state index in [2.05, 4.69) is 11.6 Å². The molecule has 1 rings (SSSR count). The van der Waals surface area contributed by atoms with Gasteiger partial charge < -0.3 is 10.6 Å². The molecule has 15 heavy (non-hydrogen) atoms. The Bertz CT molecular complexity index is 372. The summed E-state index contributed by atoms with van der Waals surface area (Å²) in [7, 11) is 0. The van der Waals surface area contributed by atoms with Gasteiger partial charge in [0, 0.05) is 18.5 Å². The molecule has 0 atom stereocenters. The van der Waals surface area contributed by atoms with E-state index in [4.69, 9.17) is 5.73 Å². The van der Waals surface area contributed by atoms with Crippen LogP contribution in [0.5, 0.6) is 0 Å². The zero-order valence-electron chi connectivity index (χ0n) is 8.99. The Morgan fingerprint density at radius 3 is 2.80 bits per heavy atom. The fraction of sp³-hybridized carbons (Fsp3) is 0.400. The van der Waals surface area contributed by atoms with Gasteiger partial charge in [0.2, 0.25) is 0 Å². The monoisotopic (exact) mass is 225 g/mol. The first-order valence-corrected chi connectivity index (χ1v) is 5.57. The van der Waals surface area contributed by atoms with Crippen molar-refractivity contribution in [2.45, 2.75) is 13.8 Å². The standard InChI is InChI=1S/C10H15N3OS/c1-4-13(5-7(2)3)9(14)8-6-15-10(11)12-8/h6H,2,4-5H2,1,3H3,(H2,11,12). The van der Waals surface area contributed by atoms with Gasteiger partial charge in [0.15, 0.2) is 5.13 Å². The predicted molar refractivity (Wildman–Crippen MR) is 62.9 cm³/mol. The average Bonchev–Trinajstić information content (AvgIpc) is 2.60. The van der Waals surface area contributed by atoms with E-state index in [1.165, 1.54) is 11.3 Å². The fourth-order valence-electron chi connectivity index (χ4n) is 1.20. The van der Waals surface area contributed by atoms with E-state index >= 15 is 0 Å². The number of likely N-dealkylation sites (N-methyl/N-ethyl adjacent to an activating group) is 1. The molecule has 0 saturated carbocycles. The van der Waals surface area contributed by atoms with Crippen molar-refractivity contribution < 1.29 is 4.79 Å². The summed E-state index contributed by atoms with van der Waals surface area (Å²) in [6.45, 7) is 8.81. The second kappa shape index (κ2) is 4.93. The number of nitrogen functional groups attached to an aromatic ring is 1. The molecule has 1 aromatic heterocycles. The van der Waals surface area contributed by atoms with E-state index in [1.807, 2.05) is 13.8 Å². The van der Waals surface area contributed by atoms with Crippen LogP contribution in [-0.2, 0) is 0 Å². The van der Waals surface area contributed by atoms with Crippen LogP contribution in [0.2, 0.25) is 0 Å². The van der Waals surface area contributed by atoms with Gasteiger partial charge in [0.1, 0.15) is 5.69 Å². The summed E-state index contributed by atoms with van der Waals surface area (Å²) in [6.07, 6.45) is 0. The molecular formula is C10H15N3OS. The maximum atomic E-state index is 11.9. The first kappa shape index (κ1) is 11.7. The molecule has 0 aliphatic rings. The van der Waals surface area contributed by atoms with E-state index < -0.39 is 0 Å². The largest absolute Gasteiger partial charge is 0.375 e. The first-order valence-electron chi connectivity index (χ1n) is 4.69. The highest BCUT2D eigenvalue weighted by molar-refractivity contribution is 7.13. The molecule has 1 aromatic rings. The Balaban J connectivity index is 2.77. The number of nitrogens with zero attached hydrogens (tertiary/aromatic N) is 2. The van der Waals surface area contributed by atoms with E-state index in [0.717, 1.165) is 5.57 Å². The molecule has 0 unspecified atom stereocenters. The Kier molecular flexibility index (Phi) is 3.85. The lowest BCUT2D eigenvalue weighted by atomic mass is 10.3. The van der Waals surface area contributed by atoms with Crippen LogP contribution in [0.1, 0.15) is 24.3 Å². The molecule has 0 aromatic carbocycles. The van der Waals surface area contributed by atoms with E-state index in [9.17, 15) is 4.79 Å². The maximum absolute atomic E-state index is 11.9. The Morgan fingerprint density at radius 2 is 2.40 bits per heavy atom. The van der Waals surface area contributed by atoms with Gasteiger partial charge in [-0.25, -0.2) is 4.98 Å². The zero-order valence-corrected chi connectivity index (χ0v) is 9.80. The van der Waals surface area contributed by atoms with Crippen LogP contribution in [0.15, 0.2) is 17.5 Å². The summed E-state index contributed by atoms with van der Waals surface area (Å²) in [6, 6.07) is 0. The number of anilines is 1. The lowest BCUT2D eigenvalue weighted by Crippen LogP contribution is -2.32. The van der Waals surface area contributed by atoms with Crippen molar-refractivity contribution in [2.75, 3.05) is 18.8 Å². The van der Waals surface area contributed by atoms with Gasteiger partial charge in [0.05, 0.1) is 0 Å². The highest BCUT2D eigenvalue weighted by Crippen LogP contribution is 2.13. The molecule has 0 aliphatic heterocycles. The number of aromatic nitrogens is 1. The number of nitrogens with two attached hydrogens (primary N) is 1. The summed E-state index contributed by atoms with van der Waals surface area (Å²) >= 11 is 1.28. The van der Waals surface area contributed by atoms with Crippen molar-refractivity contribution in [2.24, 2.45) is 0 Å². The van der Waals surface area contributed by atoms with Gasteiger partial charge in [-0.15, -0.1) is 11.3 Å². The molecule has 4 nitrogen and oxygen atoms in total. The summed E-state index contributed by atoms with van der Waals surface area (Å²) in [5, 5.41) is 2.10. The number of carbonyl (C=O) groups is 1. The van der Waals surface area contributed by atoms with Crippen LogP contribution < -0.4 is 5.73 Å². The predicted octanol–water partition coefficient (Wildman–Crippen LogP) is 1.76. The molecule has 0 fully saturated rings. The van der Waals surface area contributed by atoms with Crippen LogP contribution >= 0.6 is 11.3 Å². The van der Waals surface area contributed by atoms with Crippen molar-refractivity contribution in [1.82, 2.24) is 9.88 Å². The third kappa shape index (κ3) is 3.06. The molecule has 1 amide bonds. The van der Waals surface area contributed by atoms with Gasteiger partial charge in [-0.2, -0.15) is 0 Å². The van der Waals surface area contributed by atoms with Crippen molar-refractivity contribution >= 4 is 22.4 Å². The second-order valence-electron chi connectivity index (χ2n) is 3.35. The van der Waals surface area contributed by atoms with Gasteiger partial charge in [-0.05, 0) is 13.8 Å². The van der Waals surface area contributed by atoms with Gasteiger partial charge >= 0.3 is 0 Å². The van der Waals surface area contributed by atoms with Crippen LogP contribution in [-0.4, -0.2) is 28.9 Å². The van der Waals surface area contributed by atoms with Crippen LogP contribution in [0.3, 0.4) is 0 Å². The normalized spacial score (nSPS) is 10.0. The molecule has 0 saturated heterocycles. The van der Waals surface area contributed by atoms with Gasteiger partial charge in [0.25, 0.3) is 5.91 Å². The molecule has 0 radical (unpaired) electrons. The molecular weight excluding hydrogens is 210 g/mol. The van der Waals surface area contributed by atoms with Crippen LogP contribution in [0.25, 0.3) is 0 Å². The number of rotatable bonds is 4. The maximum Gasteiger partial charge on any atom is 0.273 e. The van der Waals surface area contributed by atoms with Crippen molar-refractivity contribution in [3.05, 3.63) is 23.2 Å². The number of hydrogen-bond donors (Lipinski definition) is 1. The van der Waals surface area contributed by atoms with Gasteiger partial charge in [-0.3, -0.25) is 4.79 Å². The Morgan fingerprint density at radius 1 is 1.73 bits per heavy atom. The van der Waals surface area contributed by atoms with Crippen molar-refractivity contribution in [3.8, 4) is 0 Å². The quantitative estimate of drug-likeness (QED) is 0.794. The van der Waals surface area contributed by atoms with E-state index in [-0.39, 0.29) is 5.91 Å². The molecule has 0 spiro atoms. The summed E-state index contributed by atoms with van der Waals surface area (Å²) in [5.74, 6) is -0.0894. The molecule has 5 heteroatoms. The number of amides is 1. The van der Waals surface area contributed by atoms with Crippen molar-refractivity contribution in [1.29, 1.82) is 0 Å². The minimum atomic E-state index is -0.0894. The Labute approximate surface area is 93.4 Å². The van der Waals surface area contributed by atoms with E-state index in [0.29, 0.717) is 23.9 Å². The topological polar surface area (TPSA) is 59.2 Å². The zero-order chi connectivity index (χ0) is 11.4. The van der Waals surface area contributed by atoms with E-state index in [1.54, 1.807) is 10.3 Å². The van der Waals surface area contributed by atoms with Crippen LogP contribution in [0, 0.1) is 0 Å². The van der Waals surface area contributed by atoms with Crippen molar-refractivity contribution in [3.63, 3.8) is 0 Å². The number of thiazole rings is 1. The SMILES string of the molecule is C=C(C)CN(CC)C(=O)c1csc(N)n1. The molecule has 82 valence electrons. The number of hydrogen-bond acceptors (Lipinski definition) is 4. The summed E-state index contributed by atoms with van der Waals surface area (Å²) in [4.78, 5) is 17.6. The third-order valence-electron chi connectivity index (χ3n) is 1.87. The highest BCUT2D eigenvalue weighted by Gasteiger charge is 2.16. The number of carbonyl (C=O) groups excluding carboxylic acids is 1. The highest BCUT2D eigenvalue weighted by atomic mass is 32.1. The smallest absolute Gasteiger partial charge is 0.273 e. The third-order valence-corrected chi connectivity index (χ3v) is 2.54. The molecule has 2 N–H and O–H groups in total. The van der Waals surface area contributed by atoms with Crippen LogP contribution in [0.4, 0.5) is 5.13 Å². The summed E-state index contributed by atoms with van der Waals surface area (Å²) in [5.41, 5.74) is 6.85. The second-order valence-corrected chi connectivity index (χ2v) is 4.24. The average molecular weight is 225 g/mol. The first-order chi connectivity index (χ1) is 7.04. The fourth-order valence-corrected chi connectivity index (χ4v) is 1.74. The van der Waals surface area contributed by atoms with Gasteiger partial charge in [-0.1, -0.05) is 12.2 Å². The minimum Gasteiger partial charge on any atom is -0.375 e. The lowest BCUT2D eigenvalue weighted by Gasteiger charge is -2.19. The molecule has 0 aliphatic carbocycles. The summed E-state index contributed by atoms with van der Waals surface area (Å²) < 4.78 is 0.